The molecule has 0 atom stereocenters. The topological polar surface area (TPSA) is 124 Å². The zero-order chi connectivity index (χ0) is 34.1. The Bertz CT molecular complexity index is 2110. The number of ether oxygens (including phenoxy) is 1. The summed E-state index contributed by atoms with van der Waals surface area (Å²) in [6, 6.07) is 8.72. The van der Waals surface area contributed by atoms with Crippen molar-refractivity contribution in [3.05, 3.63) is 81.9 Å². The lowest BCUT2D eigenvalue weighted by molar-refractivity contribution is -0.140. The lowest BCUT2D eigenvalue weighted by Gasteiger charge is -2.36. The Balaban J connectivity index is 1.23. The van der Waals surface area contributed by atoms with Gasteiger partial charge >= 0.3 is 6.18 Å². The zero-order valence-electron chi connectivity index (χ0n) is 27.1. The van der Waals surface area contributed by atoms with Gasteiger partial charge in [0.2, 0.25) is 5.88 Å². The molecule has 3 aliphatic rings. The average molecular weight is 673 g/mol. The third-order valence-electron chi connectivity index (χ3n) is 9.88. The molecule has 0 spiro atoms. The molecule has 1 aromatic carbocycles. The zero-order valence-corrected chi connectivity index (χ0v) is 27.1. The largest absolute Gasteiger partial charge is 0.480 e. The van der Waals surface area contributed by atoms with Crippen molar-refractivity contribution in [2.75, 3.05) is 27.2 Å². The predicted octanol–water partition coefficient (Wildman–Crippen LogP) is 5.31. The van der Waals surface area contributed by atoms with Crippen molar-refractivity contribution in [1.29, 1.82) is 0 Å². The Morgan fingerprint density at radius 2 is 1.76 bits per heavy atom. The molecule has 1 N–H and O–H groups in total. The van der Waals surface area contributed by atoms with E-state index in [4.69, 9.17) is 9.72 Å². The second-order valence-corrected chi connectivity index (χ2v) is 13.5. The molecule has 1 aliphatic heterocycles. The van der Waals surface area contributed by atoms with Gasteiger partial charge in [0, 0.05) is 54.0 Å². The van der Waals surface area contributed by atoms with E-state index in [0.29, 0.717) is 59.8 Å². The summed E-state index contributed by atoms with van der Waals surface area (Å²) in [4.78, 5) is 38.9. The molecule has 5 heterocycles. The van der Waals surface area contributed by atoms with Crippen LogP contribution in [-0.2, 0) is 18.3 Å². The minimum atomic E-state index is -4.55. The smallest absolute Gasteiger partial charge is 0.434 e. The SMILES string of the molecule is COc1ncnc(C2CC2)c1-c1ncc2cc(C3(O)CCN(C)CC3)c(=O)n(Cc3ccc(-c4nc(C(F)(F)F)cn4C4CC4)cc3)c2n1. The van der Waals surface area contributed by atoms with Crippen molar-refractivity contribution in [3.8, 4) is 28.7 Å². The molecule has 11 nitrogen and oxygen atoms in total. The molecule has 5 aromatic rings. The molecular formula is C35H35F3N8O3. The average Bonchev–Trinajstić information content (AvgIpc) is 4.05. The van der Waals surface area contributed by atoms with E-state index in [1.54, 1.807) is 45.7 Å². The third kappa shape index (κ3) is 5.86. The van der Waals surface area contributed by atoms with Gasteiger partial charge in [0.15, 0.2) is 11.5 Å². The van der Waals surface area contributed by atoms with Crippen LogP contribution in [-0.4, -0.2) is 71.3 Å². The summed E-state index contributed by atoms with van der Waals surface area (Å²) in [7, 11) is 3.51. The highest BCUT2D eigenvalue weighted by molar-refractivity contribution is 5.79. The highest BCUT2D eigenvalue weighted by Gasteiger charge is 2.39. The molecule has 0 amide bonds. The van der Waals surface area contributed by atoms with Gasteiger partial charge in [0.05, 0.1) is 24.9 Å². The lowest BCUT2D eigenvalue weighted by atomic mass is 9.85. The van der Waals surface area contributed by atoms with Crippen LogP contribution >= 0.6 is 0 Å². The number of piperidine rings is 1. The molecule has 2 aliphatic carbocycles. The van der Waals surface area contributed by atoms with Crippen molar-refractivity contribution < 1.29 is 23.0 Å². The molecule has 4 aromatic heterocycles. The summed E-state index contributed by atoms with van der Waals surface area (Å²) in [6.07, 6.45) is 4.03. The monoisotopic (exact) mass is 672 g/mol. The fraction of sp³-hybridized carbons (Fsp3) is 0.429. The van der Waals surface area contributed by atoms with E-state index >= 15 is 0 Å². The Kier molecular flexibility index (Phi) is 7.56. The van der Waals surface area contributed by atoms with E-state index in [-0.39, 0.29) is 35.5 Å². The maximum absolute atomic E-state index is 14.4. The van der Waals surface area contributed by atoms with Crippen LogP contribution in [0.2, 0.25) is 0 Å². The van der Waals surface area contributed by atoms with E-state index in [1.807, 2.05) is 7.05 Å². The number of aromatic nitrogens is 7. The van der Waals surface area contributed by atoms with Crippen LogP contribution in [0.25, 0.3) is 33.8 Å². The lowest BCUT2D eigenvalue weighted by Crippen LogP contribution is -2.44. The van der Waals surface area contributed by atoms with Gasteiger partial charge in [-0.3, -0.25) is 9.36 Å². The Morgan fingerprint density at radius 1 is 1.02 bits per heavy atom. The fourth-order valence-electron chi connectivity index (χ4n) is 6.75. The summed E-state index contributed by atoms with van der Waals surface area (Å²) >= 11 is 0. The standard InChI is InChI=1S/C35H35F3N8O3/c1-44-13-11-34(48,12-14-44)25-15-23-16-39-29(27-28(21-7-8-21)40-19-41-32(27)49-2)43-31(23)46(33(25)47)17-20-3-5-22(6-4-20)30-42-26(35(36,37)38)18-45(30)24-9-10-24/h3-6,15-16,18-19,21,24,48H,7-14,17H2,1-2H3. The first kappa shape index (κ1) is 31.6. The number of pyridine rings is 1. The van der Waals surface area contributed by atoms with Gasteiger partial charge in [-0.05, 0) is 57.2 Å². The maximum Gasteiger partial charge on any atom is 0.434 e. The molecule has 254 valence electrons. The second-order valence-electron chi connectivity index (χ2n) is 13.5. The maximum atomic E-state index is 14.4. The van der Waals surface area contributed by atoms with Gasteiger partial charge in [-0.25, -0.2) is 24.9 Å². The van der Waals surface area contributed by atoms with E-state index < -0.39 is 17.5 Å². The number of hydrogen-bond donors (Lipinski definition) is 1. The normalized spacial score (nSPS) is 18.2. The predicted molar refractivity (Wildman–Crippen MR) is 174 cm³/mol. The quantitative estimate of drug-likeness (QED) is 0.234. The fourth-order valence-corrected chi connectivity index (χ4v) is 6.75. The van der Waals surface area contributed by atoms with Crippen molar-refractivity contribution in [2.45, 2.75) is 68.8 Å². The molecule has 2 saturated carbocycles. The Morgan fingerprint density at radius 3 is 2.41 bits per heavy atom. The van der Waals surface area contributed by atoms with Crippen LogP contribution in [0.1, 0.15) is 73.0 Å². The van der Waals surface area contributed by atoms with Crippen molar-refractivity contribution in [3.63, 3.8) is 0 Å². The van der Waals surface area contributed by atoms with Crippen LogP contribution in [0.15, 0.2) is 53.8 Å². The number of halogens is 3. The number of imidazole rings is 1. The van der Waals surface area contributed by atoms with Crippen LogP contribution < -0.4 is 10.3 Å². The van der Waals surface area contributed by atoms with Gasteiger partial charge in [0.1, 0.15) is 23.4 Å². The molecule has 1 saturated heterocycles. The van der Waals surface area contributed by atoms with Crippen LogP contribution in [0.5, 0.6) is 5.88 Å². The summed E-state index contributed by atoms with van der Waals surface area (Å²) < 4.78 is 49.4. The van der Waals surface area contributed by atoms with E-state index in [9.17, 15) is 23.1 Å². The Hall–Kier alpha value is -4.69. The molecule has 3 fully saturated rings. The number of likely N-dealkylation sites (tertiary alicyclic amines) is 1. The first-order chi connectivity index (χ1) is 23.5. The van der Waals surface area contributed by atoms with E-state index in [1.165, 1.54) is 13.4 Å². The summed E-state index contributed by atoms with van der Waals surface area (Å²) in [5, 5.41) is 12.4. The molecule has 0 radical (unpaired) electrons. The van der Waals surface area contributed by atoms with Crippen LogP contribution in [0, 0.1) is 0 Å². The number of aliphatic hydroxyl groups is 1. The molecule has 0 bridgehead atoms. The van der Waals surface area contributed by atoms with Crippen LogP contribution in [0.4, 0.5) is 13.2 Å². The van der Waals surface area contributed by atoms with Gasteiger partial charge in [0.25, 0.3) is 5.56 Å². The third-order valence-corrected chi connectivity index (χ3v) is 9.88. The number of hydrogen-bond acceptors (Lipinski definition) is 9. The Labute approximate surface area is 279 Å². The number of benzene rings is 1. The second kappa shape index (κ2) is 11.7. The summed E-state index contributed by atoms with van der Waals surface area (Å²) in [5.41, 5.74) is 0.690. The number of methoxy groups -OCH3 is 1. The van der Waals surface area contributed by atoms with Crippen molar-refractivity contribution in [1.82, 2.24) is 39.0 Å². The highest BCUT2D eigenvalue weighted by atomic mass is 19.4. The van der Waals surface area contributed by atoms with Gasteiger partial charge in [-0.1, -0.05) is 24.3 Å². The minimum Gasteiger partial charge on any atom is -0.480 e. The summed E-state index contributed by atoms with van der Waals surface area (Å²) in [6.45, 7) is 1.36. The van der Waals surface area contributed by atoms with Gasteiger partial charge in [-0.2, -0.15) is 13.2 Å². The molecule has 49 heavy (non-hydrogen) atoms. The number of fused-ring (bicyclic) bond motifs is 1. The van der Waals surface area contributed by atoms with Crippen molar-refractivity contribution >= 4 is 11.0 Å². The molecule has 8 rings (SSSR count). The highest BCUT2D eigenvalue weighted by Crippen LogP contribution is 2.45. The first-order valence-electron chi connectivity index (χ1n) is 16.5. The molecular weight excluding hydrogens is 637 g/mol. The van der Waals surface area contributed by atoms with Gasteiger partial charge < -0.3 is 19.3 Å². The van der Waals surface area contributed by atoms with E-state index in [2.05, 4.69) is 24.8 Å². The minimum absolute atomic E-state index is 0.000663. The molecule has 0 unspecified atom stereocenters. The van der Waals surface area contributed by atoms with Crippen LogP contribution in [0.3, 0.4) is 0 Å². The summed E-state index contributed by atoms with van der Waals surface area (Å²) in [5.74, 6) is 1.18. The number of alkyl halides is 3. The van der Waals surface area contributed by atoms with E-state index in [0.717, 1.165) is 43.1 Å². The first-order valence-corrected chi connectivity index (χ1v) is 16.5. The number of rotatable bonds is 8. The molecule has 14 heteroatoms. The number of nitrogens with zero attached hydrogens (tertiary/aromatic N) is 8. The van der Waals surface area contributed by atoms with Gasteiger partial charge in [-0.15, -0.1) is 0 Å². The van der Waals surface area contributed by atoms with Crippen molar-refractivity contribution in [2.24, 2.45) is 0 Å².